The number of nitrogens with zero attached hydrogens (tertiary/aromatic N) is 3. The summed E-state index contributed by atoms with van der Waals surface area (Å²) in [5.74, 6) is -0.819. The Balaban J connectivity index is 1.65. The number of rotatable bonds is 10. The molecule has 0 saturated heterocycles. The van der Waals surface area contributed by atoms with E-state index in [9.17, 15) is 14.4 Å². The Bertz CT molecular complexity index is 1420. The van der Waals surface area contributed by atoms with E-state index in [0.717, 1.165) is 17.0 Å². The SMILES string of the molecule is C=CC(=O)Oc1ccc(C2=NN(C(=O)CCCC(=O)O)C(c3cc4ccc(OCC)cc4nc3Cl)C2)cc1. The number of carbonyl (C=O) groups excluding carboxylic acids is 2. The summed E-state index contributed by atoms with van der Waals surface area (Å²) < 4.78 is 10.7. The third-order valence-corrected chi connectivity index (χ3v) is 6.26. The Morgan fingerprint density at radius 2 is 1.87 bits per heavy atom. The maximum Gasteiger partial charge on any atom is 0.335 e. The van der Waals surface area contributed by atoms with Crippen LogP contribution in [0.15, 0.2) is 66.3 Å². The minimum Gasteiger partial charge on any atom is -0.494 e. The third-order valence-electron chi connectivity index (χ3n) is 5.96. The predicted octanol–water partition coefficient (Wildman–Crippen LogP) is 5.31. The van der Waals surface area contributed by atoms with Gasteiger partial charge in [-0.05, 0) is 61.4 Å². The van der Waals surface area contributed by atoms with Crippen molar-refractivity contribution >= 4 is 46.1 Å². The molecule has 38 heavy (non-hydrogen) atoms. The normalized spacial score (nSPS) is 14.7. The number of carbonyl (C=O) groups is 3. The van der Waals surface area contributed by atoms with E-state index in [4.69, 9.17) is 26.2 Å². The number of hydrazone groups is 1. The van der Waals surface area contributed by atoms with Crippen molar-refractivity contribution in [1.29, 1.82) is 0 Å². The van der Waals surface area contributed by atoms with Crippen LogP contribution in [0.2, 0.25) is 5.15 Å². The maximum atomic E-state index is 13.2. The lowest BCUT2D eigenvalue weighted by atomic mass is 9.98. The van der Waals surface area contributed by atoms with Crippen LogP contribution in [0.3, 0.4) is 0 Å². The lowest BCUT2D eigenvalue weighted by Gasteiger charge is -2.23. The van der Waals surface area contributed by atoms with Crippen molar-refractivity contribution < 1.29 is 29.0 Å². The van der Waals surface area contributed by atoms with Gasteiger partial charge in [0.2, 0.25) is 5.91 Å². The number of aliphatic carboxylic acids is 1. The summed E-state index contributed by atoms with van der Waals surface area (Å²) in [6.45, 7) is 5.80. The second-order valence-corrected chi connectivity index (χ2v) is 8.92. The molecule has 1 aliphatic rings. The van der Waals surface area contributed by atoms with E-state index >= 15 is 0 Å². The van der Waals surface area contributed by atoms with E-state index in [-0.39, 0.29) is 30.3 Å². The highest BCUT2D eigenvalue weighted by atomic mass is 35.5. The number of aromatic nitrogens is 1. The highest BCUT2D eigenvalue weighted by Crippen LogP contribution is 2.38. The fraction of sp³-hybridized carbons (Fsp3) is 0.250. The van der Waals surface area contributed by atoms with Crippen LogP contribution in [0, 0.1) is 0 Å². The van der Waals surface area contributed by atoms with Gasteiger partial charge < -0.3 is 14.6 Å². The van der Waals surface area contributed by atoms with E-state index in [1.54, 1.807) is 30.3 Å². The molecule has 0 radical (unpaired) electrons. The minimum atomic E-state index is -0.967. The van der Waals surface area contributed by atoms with Gasteiger partial charge >= 0.3 is 11.9 Å². The van der Waals surface area contributed by atoms with Crippen molar-refractivity contribution in [1.82, 2.24) is 9.99 Å². The second-order valence-electron chi connectivity index (χ2n) is 8.56. The molecule has 0 aliphatic carbocycles. The van der Waals surface area contributed by atoms with Crippen LogP contribution in [-0.2, 0) is 14.4 Å². The first kappa shape index (κ1) is 26.8. The summed E-state index contributed by atoms with van der Waals surface area (Å²) >= 11 is 6.63. The quantitative estimate of drug-likeness (QED) is 0.162. The Morgan fingerprint density at radius 3 is 2.55 bits per heavy atom. The Morgan fingerprint density at radius 1 is 1.13 bits per heavy atom. The predicted molar refractivity (Wildman–Crippen MR) is 142 cm³/mol. The van der Waals surface area contributed by atoms with Crippen molar-refractivity contribution in [2.45, 2.75) is 38.6 Å². The third kappa shape index (κ3) is 6.18. The van der Waals surface area contributed by atoms with Gasteiger partial charge in [0.25, 0.3) is 0 Å². The Hall–Kier alpha value is -4.24. The van der Waals surface area contributed by atoms with Crippen LogP contribution in [0.25, 0.3) is 10.9 Å². The monoisotopic (exact) mass is 535 g/mol. The van der Waals surface area contributed by atoms with Crippen molar-refractivity contribution in [2.24, 2.45) is 5.10 Å². The molecule has 0 saturated carbocycles. The topological polar surface area (TPSA) is 118 Å². The highest BCUT2D eigenvalue weighted by Gasteiger charge is 2.34. The van der Waals surface area contributed by atoms with Crippen LogP contribution < -0.4 is 9.47 Å². The zero-order valence-electron chi connectivity index (χ0n) is 20.7. The van der Waals surface area contributed by atoms with Gasteiger partial charge in [0, 0.05) is 42.4 Å². The zero-order valence-corrected chi connectivity index (χ0v) is 21.5. The van der Waals surface area contributed by atoms with E-state index in [0.29, 0.717) is 41.3 Å². The molecule has 196 valence electrons. The van der Waals surface area contributed by atoms with Gasteiger partial charge in [-0.3, -0.25) is 9.59 Å². The highest BCUT2D eigenvalue weighted by molar-refractivity contribution is 6.30. The molecule has 4 rings (SSSR count). The molecule has 3 aromatic rings. The van der Waals surface area contributed by atoms with Gasteiger partial charge in [-0.15, -0.1) is 0 Å². The molecule has 0 bridgehead atoms. The van der Waals surface area contributed by atoms with Gasteiger partial charge in [0.05, 0.1) is 23.9 Å². The first-order valence-corrected chi connectivity index (χ1v) is 12.5. The van der Waals surface area contributed by atoms with E-state index in [1.165, 1.54) is 5.01 Å². The van der Waals surface area contributed by atoms with Crippen molar-refractivity contribution in [3.63, 3.8) is 0 Å². The number of hydrogen-bond acceptors (Lipinski definition) is 7. The average Bonchev–Trinajstić information content (AvgIpc) is 3.34. The minimum absolute atomic E-state index is 0.0202. The van der Waals surface area contributed by atoms with Gasteiger partial charge in [-0.2, -0.15) is 5.10 Å². The number of esters is 1. The van der Waals surface area contributed by atoms with E-state index in [1.807, 2.05) is 25.1 Å². The largest absolute Gasteiger partial charge is 0.494 e. The number of carboxylic acid groups (broad SMARTS) is 1. The van der Waals surface area contributed by atoms with E-state index in [2.05, 4.69) is 16.7 Å². The summed E-state index contributed by atoms with van der Waals surface area (Å²) in [6, 6.07) is 13.6. The molecule has 2 aromatic carbocycles. The van der Waals surface area contributed by atoms with Crippen LogP contribution in [-0.4, -0.2) is 45.3 Å². The molecule has 1 aliphatic heterocycles. The maximum absolute atomic E-state index is 13.2. The first-order chi connectivity index (χ1) is 18.3. The molecule has 2 heterocycles. The molecule has 0 fully saturated rings. The Labute approximate surface area is 224 Å². The van der Waals surface area contributed by atoms with E-state index < -0.39 is 18.0 Å². The van der Waals surface area contributed by atoms with Gasteiger partial charge in [-0.25, -0.2) is 14.8 Å². The number of benzene rings is 2. The molecule has 1 atom stereocenters. The summed E-state index contributed by atoms with van der Waals surface area (Å²) in [4.78, 5) is 40.1. The summed E-state index contributed by atoms with van der Waals surface area (Å²) in [5.41, 5.74) is 2.66. The molecule has 0 spiro atoms. The second kappa shape index (κ2) is 11.9. The fourth-order valence-electron chi connectivity index (χ4n) is 4.17. The molecule has 10 heteroatoms. The molecule has 1 unspecified atom stereocenters. The van der Waals surface area contributed by atoms with Crippen molar-refractivity contribution in [3.05, 3.63) is 77.5 Å². The number of fused-ring (bicyclic) bond motifs is 1. The number of halogens is 1. The first-order valence-electron chi connectivity index (χ1n) is 12.1. The number of ether oxygens (including phenoxy) is 2. The number of carboxylic acids is 1. The number of amides is 1. The standard InChI is InChI=1S/C28H26ClN3O6/c1-3-27(36)38-19-11-8-17(9-12-19)23-16-24(32(31-23)25(33)6-5-7-26(34)35)21-14-18-10-13-20(37-4-2)15-22(18)30-28(21)29/h3,8-15,24H,1,4-7,16H2,2H3,(H,34,35). The van der Waals surface area contributed by atoms with Crippen LogP contribution in [0.5, 0.6) is 11.5 Å². The molecular weight excluding hydrogens is 510 g/mol. The lowest BCUT2D eigenvalue weighted by Crippen LogP contribution is -2.27. The molecule has 1 aromatic heterocycles. The van der Waals surface area contributed by atoms with Gasteiger partial charge in [0.15, 0.2) is 0 Å². The lowest BCUT2D eigenvalue weighted by molar-refractivity contribution is -0.137. The fourth-order valence-corrected chi connectivity index (χ4v) is 4.44. The van der Waals surface area contributed by atoms with Gasteiger partial charge in [0.1, 0.15) is 16.7 Å². The number of hydrogen-bond donors (Lipinski definition) is 1. The zero-order chi connectivity index (χ0) is 27.2. The Kier molecular flexibility index (Phi) is 8.38. The molecule has 1 N–H and O–H groups in total. The van der Waals surface area contributed by atoms with Crippen LogP contribution in [0.4, 0.5) is 0 Å². The average molecular weight is 536 g/mol. The number of pyridine rings is 1. The summed E-state index contributed by atoms with van der Waals surface area (Å²) in [5, 5.41) is 16.0. The molecular formula is C28H26ClN3O6. The van der Waals surface area contributed by atoms with Crippen molar-refractivity contribution in [3.8, 4) is 11.5 Å². The van der Waals surface area contributed by atoms with Crippen LogP contribution in [0.1, 0.15) is 49.8 Å². The molecule has 9 nitrogen and oxygen atoms in total. The van der Waals surface area contributed by atoms with Gasteiger partial charge in [-0.1, -0.05) is 18.2 Å². The van der Waals surface area contributed by atoms with Crippen molar-refractivity contribution in [2.75, 3.05) is 6.61 Å². The van der Waals surface area contributed by atoms with Crippen LogP contribution >= 0.6 is 11.6 Å². The summed E-state index contributed by atoms with van der Waals surface area (Å²) in [7, 11) is 0. The molecule has 1 amide bonds. The smallest absolute Gasteiger partial charge is 0.335 e. The summed E-state index contributed by atoms with van der Waals surface area (Å²) in [6.07, 6.45) is 1.53.